The van der Waals surface area contributed by atoms with Crippen LogP contribution in [-0.2, 0) is 10.0 Å². The summed E-state index contributed by atoms with van der Waals surface area (Å²) in [5.41, 5.74) is 0.609. The second kappa shape index (κ2) is 6.31. The molecule has 1 aromatic heterocycles. The zero-order valence-electron chi connectivity index (χ0n) is 12.3. The van der Waals surface area contributed by atoms with Crippen LogP contribution in [0.3, 0.4) is 0 Å². The molecule has 1 atom stereocenters. The largest absolute Gasteiger partial charge is 0.243 e. The Labute approximate surface area is 124 Å². The van der Waals surface area contributed by atoms with E-state index < -0.39 is 10.0 Å². The first-order chi connectivity index (χ1) is 9.96. The van der Waals surface area contributed by atoms with E-state index in [0.717, 1.165) is 12.8 Å². The van der Waals surface area contributed by atoms with Crippen molar-refractivity contribution in [1.82, 2.24) is 24.5 Å². The lowest BCUT2D eigenvalue weighted by atomic mass is 10.2. The third-order valence-corrected chi connectivity index (χ3v) is 5.40. The van der Waals surface area contributed by atoms with Gasteiger partial charge in [-0.05, 0) is 42.0 Å². The van der Waals surface area contributed by atoms with Crippen LogP contribution in [0.1, 0.15) is 26.7 Å². The summed E-state index contributed by atoms with van der Waals surface area (Å²) >= 11 is 0. The highest BCUT2D eigenvalue weighted by Crippen LogP contribution is 2.20. The summed E-state index contributed by atoms with van der Waals surface area (Å²) in [5, 5.41) is 10.9. The van der Waals surface area contributed by atoms with Crippen LogP contribution in [0.15, 0.2) is 35.5 Å². The van der Waals surface area contributed by atoms with Gasteiger partial charge in [-0.1, -0.05) is 19.4 Å². The first-order valence-corrected chi connectivity index (χ1v) is 8.22. The lowest BCUT2D eigenvalue weighted by Crippen LogP contribution is -2.35. The minimum atomic E-state index is -3.52. The summed E-state index contributed by atoms with van der Waals surface area (Å²) in [6.07, 6.45) is 3.18. The highest BCUT2D eigenvalue weighted by atomic mass is 32.2. The second-order valence-corrected chi connectivity index (χ2v) is 6.91. The summed E-state index contributed by atoms with van der Waals surface area (Å²) in [6, 6.07) is 6.54. The second-order valence-electron chi connectivity index (χ2n) is 4.91. The molecule has 0 aliphatic rings. The topological polar surface area (TPSA) is 81.0 Å². The van der Waals surface area contributed by atoms with Crippen molar-refractivity contribution in [3.05, 3.63) is 30.6 Å². The van der Waals surface area contributed by atoms with E-state index in [2.05, 4.69) is 15.5 Å². The van der Waals surface area contributed by atoms with E-state index >= 15 is 0 Å². The molecule has 0 saturated heterocycles. The van der Waals surface area contributed by atoms with Gasteiger partial charge in [0.1, 0.15) is 6.33 Å². The van der Waals surface area contributed by atoms with E-state index in [9.17, 15) is 8.42 Å². The van der Waals surface area contributed by atoms with Crippen LogP contribution < -0.4 is 0 Å². The molecule has 0 aliphatic heterocycles. The van der Waals surface area contributed by atoms with E-state index in [0.29, 0.717) is 5.69 Å². The van der Waals surface area contributed by atoms with Crippen molar-refractivity contribution in [2.45, 2.75) is 37.6 Å². The van der Waals surface area contributed by atoms with Gasteiger partial charge in [0, 0.05) is 13.1 Å². The molecule has 2 rings (SSSR count). The molecule has 0 amide bonds. The quantitative estimate of drug-likeness (QED) is 0.807. The monoisotopic (exact) mass is 309 g/mol. The Morgan fingerprint density at radius 3 is 2.76 bits per heavy atom. The van der Waals surface area contributed by atoms with Gasteiger partial charge in [0.2, 0.25) is 10.0 Å². The molecular formula is C13H19N5O2S. The maximum atomic E-state index is 12.6. The van der Waals surface area contributed by atoms with Gasteiger partial charge in [0.25, 0.3) is 0 Å². The molecule has 1 heterocycles. The Morgan fingerprint density at radius 2 is 2.14 bits per heavy atom. The SMILES string of the molecule is CCCC(C)N(C)S(=O)(=O)c1cccc(-n2cnnn2)c1. The van der Waals surface area contributed by atoms with Gasteiger partial charge in [0.05, 0.1) is 10.6 Å². The van der Waals surface area contributed by atoms with Gasteiger partial charge >= 0.3 is 0 Å². The molecule has 114 valence electrons. The van der Waals surface area contributed by atoms with E-state index in [1.165, 1.54) is 15.3 Å². The molecule has 1 aromatic carbocycles. The maximum Gasteiger partial charge on any atom is 0.243 e. The minimum absolute atomic E-state index is 0.0447. The molecule has 7 nitrogen and oxygen atoms in total. The fourth-order valence-electron chi connectivity index (χ4n) is 2.07. The number of hydrogen-bond acceptors (Lipinski definition) is 5. The van der Waals surface area contributed by atoms with Crippen molar-refractivity contribution in [1.29, 1.82) is 0 Å². The van der Waals surface area contributed by atoms with Gasteiger partial charge in [-0.15, -0.1) is 5.10 Å². The first-order valence-electron chi connectivity index (χ1n) is 6.78. The van der Waals surface area contributed by atoms with Crippen LogP contribution in [0.25, 0.3) is 5.69 Å². The minimum Gasteiger partial charge on any atom is -0.207 e. The molecule has 21 heavy (non-hydrogen) atoms. The van der Waals surface area contributed by atoms with Gasteiger partial charge in [0.15, 0.2) is 0 Å². The Balaban J connectivity index is 2.35. The Kier molecular flexibility index (Phi) is 4.69. The third kappa shape index (κ3) is 3.27. The Morgan fingerprint density at radius 1 is 1.38 bits per heavy atom. The third-order valence-electron chi connectivity index (χ3n) is 3.44. The maximum absolute atomic E-state index is 12.6. The van der Waals surface area contributed by atoms with Crippen molar-refractivity contribution in [3.8, 4) is 5.69 Å². The lowest BCUT2D eigenvalue weighted by Gasteiger charge is -2.24. The van der Waals surface area contributed by atoms with E-state index in [-0.39, 0.29) is 10.9 Å². The van der Waals surface area contributed by atoms with Crippen LogP contribution in [0.5, 0.6) is 0 Å². The van der Waals surface area contributed by atoms with Crippen molar-refractivity contribution < 1.29 is 8.42 Å². The molecule has 2 aromatic rings. The zero-order valence-corrected chi connectivity index (χ0v) is 13.2. The Bertz CT molecular complexity index is 684. The number of sulfonamides is 1. The molecule has 0 spiro atoms. The number of hydrogen-bond donors (Lipinski definition) is 0. The first kappa shape index (κ1) is 15.6. The summed E-state index contributed by atoms with van der Waals surface area (Å²) < 4.78 is 28.1. The van der Waals surface area contributed by atoms with Crippen molar-refractivity contribution in [2.24, 2.45) is 0 Å². The average molecular weight is 309 g/mol. The van der Waals surface area contributed by atoms with E-state index in [1.807, 2.05) is 13.8 Å². The van der Waals surface area contributed by atoms with Crippen LogP contribution >= 0.6 is 0 Å². The molecule has 0 bridgehead atoms. The van der Waals surface area contributed by atoms with E-state index in [4.69, 9.17) is 0 Å². The Hall–Kier alpha value is -1.80. The van der Waals surface area contributed by atoms with Crippen molar-refractivity contribution >= 4 is 10.0 Å². The van der Waals surface area contributed by atoms with Gasteiger partial charge in [-0.2, -0.15) is 4.31 Å². The number of aromatic nitrogens is 4. The van der Waals surface area contributed by atoms with Crippen molar-refractivity contribution in [3.63, 3.8) is 0 Å². The predicted molar refractivity (Wildman–Crippen MR) is 78.5 cm³/mol. The number of rotatable bonds is 6. The van der Waals surface area contributed by atoms with Crippen LogP contribution in [0.2, 0.25) is 0 Å². The van der Waals surface area contributed by atoms with Crippen LogP contribution in [-0.4, -0.2) is 46.0 Å². The molecule has 8 heteroatoms. The predicted octanol–water partition coefficient (Wildman–Crippen LogP) is 1.47. The molecule has 1 unspecified atom stereocenters. The smallest absolute Gasteiger partial charge is 0.207 e. The van der Waals surface area contributed by atoms with Crippen LogP contribution in [0, 0.1) is 0 Å². The molecule has 0 aliphatic carbocycles. The number of benzene rings is 1. The van der Waals surface area contributed by atoms with Gasteiger partial charge in [-0.3, -0.25) is 0 Å². The number of nitrogens with zero attached hydrogens (tertiary/aromatic N) is 5. The van der Waals surface area contributed by atoms with Crippen molar-refractivity contribution in [2.75, 3.05) is 7.05 Å². The summed E-state index contributed by atoms with van der Waals surface area (Å²) in [4.78, 5) is 0.237. The highest BCUT2D eigenvalue weighted by Gasteiger charge is 2.25. The summed E-state index contributed by atoms with van der Waals surface area (Å²) in [6.45, 7) is 3.95. The molecule has 0 saturated carbocycles. The normalized spacial score (nSPS) is 13.5. The molecule has 0 radical (unpaired) electrons. The standard InChI is InChI=1S/C13H19N5O2S/c1-4-6-11(2)17(3)21(19,20)13-8-5-7-12(9-13)18-10-14-15-16-18/h5,7-11H,4,6H2,1-3H3. The average Bonchev–Trinajstić information content (AvgIpc) is 3.01. The van der Waals surface area contributed by atoms with Gasteiger partial charge in [-0.25, -0.2) is 13.1 Å². The van der Waals surface area contributed by atoms with Gasteiger partial charge < -0.3 is 0 Å². The molecule has 0 N–H and O–H groups in total. The fourth-order valence-corrected chi connectivity index (χ4v) is 3.50. The fraction of sp³-hybridized carbons (Fsp3) is 0.462. The highest BCUT2D eigenvalue weighted by molar-refractivity contribution is 7.89. The zero-order chi connectivity index (χ0) is 15.5. The number of tetrazole rings is 1. The molecular weight excluding hydrogens is 290 g/mol. The van der Waals surface area contributed by atoms with Crippen LogP contribution in [0.4, 0.5) is 0 Å². The summed E-state index contributed by atoms with van der Waals surface area (Å²) in [5.74, 6) is 0. The molecule has 0 fully saturated rings. The lowest BCUT2D eigenvalue weighted by molar-refractivity contribution is 0.368. The summed E-state index contributed by atoms with van der Waals surface area (Å²) in [7, 11) is -1.91. The van der Waals surface area contributed by atoms with E-state index in [1.54, 1.807) is 31.3 Å².